The van der Waals surface area contributed by atoms with Crippen molar-refractivity contribution in [2.75, 3.05) is 17.6 Å². The van der Waals surface area contributed by atoms with Gasteiger partial charge in [0.2, 0.25) is 15.9 Å². The number of pyridine rings is 1. The average Bonchev–Trinajstić information content (AvgIpc) is 2.68. The van der Waals surface area contributed by atoms with Gasteiger partial charge in [0.05, 0.1) is 30.1 Å². The van der Waals surface area contributed by atoms with Crippen molar-refractivity contribution in [3.05, 3.63) is 65.2 Å². The Balaban J connectivity index is 1.75. The first kappa shape index (κ1) is 21.6. The number of rotatable bonds is 7. The number of fused-ring (bicyclic) bond motifs is 1. The zero-order valence-corrected chi connectivity index (χ0v) is 18.2. The van der Waals surface area contributed by atoms with E-state index in [4.69, 9.17) is 4.74 Å². The maximum absolute atomic E-state index is 12.7. The Kier molecular flexibility index (Phi) is 6.26. The predicted molar refractivity (Wildman–Crippen MR) is 118 cm³/mol. The quantitative estimate of drug-likeness (QED) is 0.598. The highest BCUT2D eigenvalue weighted by molar-refractivity contribution is 7.92. The summed E-state index contributed by atoms with van der Waals surface area (Å²) in [5.41, 5.74) is 3.47. The molecule has 2 aromatic carbocycles. The van der Waals surface area contributed by atoms with Gasteiger partial charge in [-0.2, -0.15) is 0 Å². The van der Waals surface area contributed by atoms with Crippen LogP contribution in [0.25, 0.3) is 10.9 Å². The van der Waals surface area contributed by atoms with E-state index in [1.54, 1.807) is 36.4 Å². The maximum atomic E-state index is 12.7. The Morgan fingerprint density at radius 2 is 1.90 bits per heavy atom. The molecule has 2 N–H and O–H groups in total. The van der Waals surface area contributed by atoms with Crippen LogP contribution in [0.2, 0.25) is 0 Å². The minimum Gasteiger partial charge on any atom is -0.478 e. The molecule has 0 bridgehead atoms. The molecule has 0 aliphatic carbocycles. The first-order chi connectivity index (χ1) is 14.2. The highest BCUT2D eigenvalue weighted by atomic mass is 32.2. The fourth-order valence-electron chi connectivity index (χ4n) is 3.11. The Bertz CT molecular complexity index is 1190. The van der Waals surface area contributed by atoms with Crippen LogP contribution in [0.5, 0.6) is 5.88 Å². The number of nitrogens with one attached hydrogen (secondary N) is 2. The Morgan fingerprint density at radius 1 is 1.13 bits per heavy atom. The van der Waals surface area contributed by atoms with Crippen LogP contribution in [0.1, 0.15) is 41.4 Å². The van der Waals surface area contributed by atoms with Crippen molar-refractivity contribution in [3.8, 4) is 5.88 Å². The summed E-state index contributed by atoms with van der Waals surface area (Å²) in [5, 5.41) is 3.83. The van der Waals surface area contributed by atoms with Crippen LogP contribution in [0.4, 0.5) is 5.69 Å². The number of aryl methyl sites for hydroxylation is 1. The number of benzene rings is 2. The van der Waals surface area contributed by atoms with Gasteiger partial charge in [-0.1, -0.05) is 12.1 Å². The molecule has 1 heterocycles. The molecule has 158 valence electrons. The lowest BCUT2D eigenvalue weighted by molar-refractivity contribution is 0.0940. The first-order valence-corrected chi connectivity index (χ1v) is 11.5. The zero-order chi connectivity index (χ0) is 21.9. The van der Waals surface area contributed by atoms with Gasteiger partial charge in [-0.3, -0.25) is 9.52 Å². The Hall–Kier alpha value is -3.13. The number of hydrogen-bond acceptors (Lipinski definition) is 5. The summed E-state index contributed by atoms with van der Waals surface area (Å²) in [6, 6.07) is 14.1. The molecular weight excluding hydrogens is 402 g/mol. The van der Waals surface area contributed by atoms with E-state index in [9.17, 15) is 13.2 Å². The third-order valence-electron chi connectivity index (χ3n) is 4.61. The highest BCUT2D eigenvalue weighted by Gasteiger charge is 2.14. The monoisotopic (exact) mass is 427 g/mol. The second-order valence-electron chi connectivity index (χ2n) is 7.13. The van der Waals surface area contributed by atoms with E-state index in [0.717, 1.165) is 28.3 Å². The lowest BCUT2D eigenvalue weighted by Gasteiger charge is -2.17. The summed E-state index contributed by atoms with van der Waals surface area (Å²) >= 11 is 0. The van der Waals surface area contributed by atoms with Crippen LogP contribution < -0.4 is 14.8 Å². The summed E-state index contributed by atoms with van der Waals surface area (Å²) < 4.78 is 30.8. The van der Waals surface area contributed by atoms with E-state index in [2.05, 4.69) is 15.0 Å². The second-order valence-corrected chi connectivity index (χ2v) is 8.88. The molecule has 30 heavy (non-hydrogen) atoms. The molecule has 1 aromatic heterocycles. The van der Waals surface area contributed by atoms with Gasteiger partial charge >= 0.3 is 0 Å². The molecule has 1 unspecified atom stereocenters. The van der Waals surface area contributed by atoms with Gasteiger partial charge in [-0.15, -0.1) is 0 Å². The van der Waals surface area contributed by atoms with Crippen LogP contribution in [0, 0.1) is 6.92 Å². The van der Waals surface area contributed by atoms with Gasteiger partial charge in [-0.05, 0) is 62.2 Å². The van der Waals surface area contributed by atoms with Crippen molar-refractivity contribution in [1.82, 2.24) is 10.3 Å². The van der Waals surface area contributed by atoms with Crippen LogP contribution in [0.15, 0.2) is 48.5 Å². The van der Waals surface area contributed by atoms with Crippen LogP contribution in [-0.2, 0) is 10.0 Å². The fourth-order valence-corrected chi connectivity index (χ4v) is 3.74. The fraction of sp³-hybridized carbons (Fsp3) is 0.273. The predicted octanol–water partition coefficient (Wildman–Crippen LogP) is 3.80. The van der Waals surface area contributed by atoms with Gasteiger partial charge in [-0.25, -0.2) is 13.4 Å². The van der Waals surface area contributed by atoms with Gasteiger partial charge in [0, 0.05) is 17.0 Å². The summed E-state index contributed by atoms with van der Waals surface area (Å²) in [7, 11) is -3.34. The minimum atomic E-state index is -3.34. The molecular formula is C22H25N3O4S. The average molecular weight is 428 g/mol. The SMILES string of the molecule is CCOc1ccc2cc(C(=O)NC(C)c3ccc(NS(C)(=O)=O)c(C)c3)ccc2n1. The molecule has 0 saturated carbocycles. The molecule has 3 aromatic rings. The molecule has 7 nitrogen and oxygen atoms in total. The smallest absolute Gasteiger partial charge is 0.251 e. The van der Waals surface area contributed by atoms with E-state index in [-0.39, 0.29) is 11.9 Å². The summed E-state index contributed by atoms with van der Waals surface area (Å²) in [6.45, 7) is 6.14. The molecule has 0 aliphatic heterocycles. The van der Waals surface area contributed by atoms with E-state index in [1.807, 2.05) is 32.9 Å². The first-order valence-electron chi connectivity index (χ1n) is 9.59. The number of carbonyl (C=O) groups is 1. The van der Waals surface area contributed by atoms with Crippen LogP contribution in [0.3, 0.4) is 0 Å². The number of carbonyl (C=O) groups excluding carboxylic acids is 1. The number of anilines is 1. The summed E-state index contributed by atoms with van der Waals surface area (Å²) in [6.07, 6.45) is 1.11. The van der Waals surface area contributed by atoms with E-state index in [1.165, 1.54) is 0 Å². The molecule has 0 aliphatic rings. The van der Waals surface area contributed by atoms with Crippen molar-refractivity contribution in [3.63, 3.8) is 0 Å². The van der Waals surface area contributed by atoms with Crippen LogP contribution >= 0.6 is 0 Å². The minimum absolute atomic E-state index is 0.200. The van der Waals surface area contributed by atoms with E-state index in [0.29, 0.717) is 23.7 Å². The zero-order valence-electron chi connectivity index (χ0n) is 17.4. The third kappa shape index (κ3) is 5.27. The van der Waals surface area contributed by atoms with Gasteiger partial charge in [0.15, 0.2) is 0 Å². The Morgan fingerprint density at radius 3 is 2.57 bits per heavy atom. The molecule has 0 spiro atoms. The normalized spacial score (nSPS) is 12.4. The number of hydrogen-bond donors (Lipinski definition) is 2. The molecule has 0 fully saturated rings. The number of amides is 1. The topological polar surface area (TPSA) is 97.4 Å². The Labute approximate surface area is 176 Å². The maximum Gasteiger partial charge on any atom is 0.251 e. The van der Waals surface area contributed by atoms with E-state index >= 15 is 0 Å². The number of aromatic nitrogens is 1. The van der Waals surface area contributed by atoms with Gasteiger partial charge in [0.25, 0.3) is 5.91 Å². The molecule has 8 heteroatoms. The summed E-state index contributed by atoms with van der Waals surface area (Å²) in [5.74, 6) is 0.356. The van der Waals surface area contributed by atoms with Crippen molar-refractivity contribution in [1.29, 1.82) is 0 Å². The third-order valence-corrected chi connectivity index (χ3v) is 5.20. The standard InChI is InChI=1S/C22H25N3O4S/c1-5-29-21-11-8-17-13-18(7-10-20(17)24-21)22(26)23-15(3)16-6-9-19(14(2)12-16)25-30(4,27)28/h6-13,15,25H,5H2,1-4H3,(H,23,26). The highest BCUT2D eigenvalue weighted by Crippen LogP contribution is 2.23. The number of nitrogens with zero attached hydrogens (tertiary/aromatic N) is 1. The largest absolute Gasteiger partial charge is 0.478 e. The molecule has 1 atom stereocenters. The van der Waals surface area contributed by atoms with Gasteiger partial charge < -0.3 is 10.1 Å². The second kappa shape index (κ2) is 8.71. The molecule has 1 amide bonds. The number of sulfonamides is 1. The molecule has 0 radical (unpaired) electrons. The van der Waals surface area contributed by atoms with Crippen molar-refractivity contribution >= 4 is 32.5 Å². The molecule has 3 rings (SSSR count). The van der Waals surface area contributed by atoms with Crippen molar-refractivity contribution < 1.29 is 17.9 Å². The van der Waals surface area contributed by atoms with E-state index < -0.39 is 10.0 Å². The van der Waals surface area contributed by atoms with Crippen LogP contribution in [-0.4, -0.2) is 32.2 Å². The van der Waals surface area contributed by atoms with Crippen molar-refractivity contribution in [2.24, 2.45) is 0 Å². The molecule has 0 saturated heterocycles. The summed E-state index contributed by atoms with van der Waals surface area (Å²) in [4.78, 5) is 17.1. The number of ether oxygens (including phenoxy) is 1. The van der Waals surface area contributed by atoms with Gasteiger partial charge in [0.1, 0.15) is 0 Å². The lowest BCUT2D eigenvalue weighted by Crippen LogP contribution is -2.26. The lowest BCUT2D eigenvalue weighted by atomic mass is 10.0. The van der Waals surface area contributed by atoms with Crippen molar-refractivity contribution in [2.45, 2.75) is 26.8 Å².